The fraction of sp³-hybridized carbons (Fsp3) is 0.667. The fourth-order valence-electron chi connectivity index (χ4n) is 6.04. The number of allylic oxidation sites excluding steroid dienone is 13. The number of unbranched alkanes of at least 4 members (excludes halogenated alkanes) is 19. The summed E-state index contributed by atoms with van der Waals surface area (Å²) in [5.74, 6) is -1.07. The van der Waals surface area contributed by atoms with Crippen molar-refractivity contribution in [2.45, 2.75) is 207 Å². The van der Waals surface area contributed by atoms with Crippen molar-refractivity contribution in [3.8, 4) is 0 Å². The normalized spacial score (nSPS) is 12.8. The number of hydrogen-bond acceptors (Lipinski definition) is 6. The van der Waals surface area contributed by atoms with E-state index >= 15 is 0 Å². The molecule has 0 aliphatic rings. The number of ether oxygens (including phenoxy) is 3. The average Bonchev–Trinajstić information content (AvgIpc) is 3.21. The van der Waals surface area contributed by atoms with E-state index in [2.05, 4.69) is 93.7 Å². The minimum Gasteiger partial charge on any atom is -0.462 e. The van der Waals surface area contributed by atoms with Crippen LogP contribution in [0.4, 0.5) is 0 Å². The molecule has 0 rings (SSSR count). The van der Waals surface area contributed by atoms with Gasteiger partial charge in [-0.15, -0.1) is 0 Å². The van der Waals surface area contributed by atoms with E-state index in [1.54, 1.807) is 6.08 Å². The molecule has 0 aliphatic heterocycles. The zero-order chi connectivity index (χ0) is 41.5. The molecule has 0 radical (unpaired) electrons. The molecule has 0 aromatic rings. The third-order valence-corrected chi connectivity index (χ3v) is 9.51. The Morgan fingerprint density at radius 3 is 1.35 bits per heavy atom. The lowest BCUT2D eigenvalue weighted by atomic mass is 10.0. The minimum absolute atomic E-state index is 0.115. The van der Waals surface area contributed by atoms with Crippen molar-refractivity contribution in [2.75, 3.05) is 13.2 Å². The van der Waals surface area contributed by atoms with Gasteiger partial charge < -0.3 is 14.2 Å². The lowest BCUT2D eigenvalue weighted by Gasteiger charge is -2.18. The first-order valence-corrected chi connectivity index (χ1v) is 23.1. The molecule has 0 amide bonds. The number of carbonyl (C=O) groups excluding carboxylic acids is 3. The SMILES string of the molecule is CC/C=C\C/C=C\C/C=C\CC(=O)OCC(COC(=O)CCCCCCC\C=C/C=C\C=C/C=C\CCCCC)OC(=O)CCCCCCCCCCCCCC. The zero-order valence-electron chi connectivity index (χ0n) is 36.8. The van der Waals surface area contributed by atoms with Gasteiger partial charge in [-0.1, -0.05) is 209 Å². The smallest absolute Gasteiger partial charge is 0.309 e. The Bertz CT molecular complexity index is 1140. The van der Waals surface area contributed by atoms with Gasteiger partial charge in [-0.05, 0) is 57.8 Å². The van der Waals surface area contributed by atoms with E-state index in [0.717, 1.165) is 83.5 Å². The maximum absolute atomic E-state index is 12.7. The Hall–Kier alpha value is -3.41. The Labute approximate surface area is 350 Å². The molecule has 57 heavy (non-hydrogen) atoms. The molecule has 0 N–H and O–H groups in total. The van der Waals surface area contributed by atoms with Crippen LogP contribution >= 0.6 is 0 Å². The number of hydrogen-bond donors (Lipinski definition) is 0. The van der Waals surface area contributed by atoms with Crippen molar-refractivity contribution in [1.82, 2.24) is 0 Å². The molecule has 0 aromatic heterocycles. The van der Waals surface area contributed by atoms with Gasteiger partial charge in [0.05, 0.1) is 6.42 Å². The molecule has 1 atom stereocenters. The highest BCUT2D eigenvalue weighted by molar-refractivity contribution is 5.72. The molecule has 0 saturated carbocycles. The number of rotatable bonds is 40. The first-order valence-electron chi connectivity index (χ1n) is 23.1. The molecule has 0 aromatic carbocycles. The van der Waals surface area contributed by atoms with E-state index < -0.39 is 12.1 Å². The van der Waals surface area contributed by atoms with Gasteiger partial charge in [0.1, 0.15) is 13.2 Å². The van der Waals surface area contributed by atoms with Gasteiger partial charge in [0, 0.05) is 12.8 Å². The van der Waals surface area contributed by atoms with Crippen molar-refractivity contribution in [1.29, 1.82) is 0 Å². The van der Waals surface area contributed by atoms with Gasteiger partial charge in [-0.3, -0.25) is 14.4 Å². The van der Waals surface area contributed by atoms with Gasteiger partial charge in [-0.25, -0.2) is 0 Å². The van der Waals surface area contributed by atoms with E-state index in [4.69, 9.17) is 14.2 Å². The van der Waals surface area contributed by atoms with Crippen molar-refractivity contribution in [3.63, 3.8) is 0 Å². The first kappa shape index (κ1) is 53.6. The predicted octanol–water partition coefficient (Wildman–Crippen LogP) is 14.9. The van der Waals surface area contributed by atoms with Gasteiger partial charge in [0.15, 0.2) is 6.10 Å². The summed E-state index contributed by atoms with van der Waals surface area (Å²) in [6.45, 7) is 6.34. The molecule has 324 valence electrons. The quantitative estimate of drug-likeness (QED) is 0.0202. The molecule has 6 nitrogen and oxygen atoms in total. The highest BCUT2D eigenvalue weighted by Gasteiger charge is 2.19. The van der Waals surface area contributed by atoms with Gasteiger partial charge in [-0.2, -0.15) is 0 Å². The molecule has 0 spiro atoms. The Kier molecular flexibility index (Phi) is 42.6. The largest absolute Gasteiger partial charge is 0.462 e. The summed E-state index contributed by atoms with van der Waals surface area (Å²) in [4.78, 5) is 37.6. The van der Waals surface area contributed by atoms with E-state index in [9.17, 15) is 14.4 Å². The van der Waals surface area contributed by atoms with Gasteiger partial charge >= 0.3 is 17.9 Å². The summed E-state index contributed by atoms with van der Waals surface area (Å²) in [6, 6.07) is 0. The third-order valence-electron chi connectivity index (χ3n) is 9.51. The van der Waals surface area contributed by atoms with E-state index in [1.807, 2.05) is 6.08 Å². The van der Waals surface area contributed by atoms with Crippen LogP contribution < -0.4 is 0 Å². The highest BCUT2D eigenvalue weighted by atomic mass is 16.6. The molecular formula is C51H84O6. The molecule has 1 unspecified atom stereocenters. The van der Waals surface area contributed by atoms with Crippen LogP contribution in [0.3, 0.4) is 0 Å². The molecule has 0 bridgehead atoms. The van der Waals surface area contributed by atoms with Crippen molar-refractivity contribution in [2.24, 2.45) is 0 Å². The number of carbonyl (C=O) groups is 3. The maximum Gasteiger partial charge on any atom is 0.309 e. The van der Waals surface area contributed by atoms with Crippen molar-refractivity contribution < 1.29 is 28.6 Å². The summed E-state index contributed by atoms with van der Waals surface area (Å²) in [5, 5.41) is 0. The monoisotopic (exact) mass is 793 g/mol. The minimum atomic E-state index is -0.818. The summed E-state index contributed by atoms with van der Waals surface area (Å²) in [7, 11) is 0. The van der Waals surface area contributed by atoms with Gasteiger partial charge in [0.25, 0.3) is 0 Å². The molecule has 0 heterocycles. The summed E-state index contributed by atoms with van der Waals surface area (Å²) < 4.78 is 16.6. The fourth-order valence-corrected chi connectivity index (χ4v) is 6.04. The van der Waals surface area contributed by atoms with Crippen LogP contribution in [0.1, 0.15) is 201 Å². The Balaban J connectivity index is 4.45. The zero-order valence-corrected chi connectivity index (χ0v) is 36.8. The van der Waals surface area contributed by atoms with Crippen LogP contribution in [0.15, 0.2) is 85.1 Å². The van der Waals surface area contributed by atoms with E-state index in [1.165, 1.54) is 77.0 Å². The lowest BCUT2D eigenvalue weighted by molar-refractivity contribution is -0.166. The van der Waals surface area contributed by atoms with Crippen LogP contribution in [-0.2, 0) is 28.6 Å². The van der Waals surface area contributed by atoms with Crippen LogP contribution in [0.25, 0.3) is 0 Å². The van der Waals surface area contributed by atoms with Gasteiger partial charge in [0.2, 0.25) is 0 Å². The maximum atomic E-state index is 12.7. The lowest BCUT2D eigenvalue weighted by Crippen LogP contribution is -2.30. The Morgan fingerprint density at radius 1 is 0.404 bits per heavy atom. The first-order chi connectivity index (χ1) is 28.0. The second kappa shape index (κ2) is 45.3. The molecular weight excluding hydrogens is 709 g/mol. The summed E-state index contributed by atoms with van der Waals surface area (Å²) in [6.07, 6.45) is 57.4. The van der Waals surface area contributed by atoms with Crippen LogP contribution in [0.2, 0.25) is 0 Å². The second-order valence-electron chi connectivity index (χ2n) is 15.0. The van der Waals surface area contributed by atoms with E-state index in [-0.39, 0.29) is 31.6 Å². The molecule has 0 saturated heterocycles. The highest BCUT2D eigenvalue weighted by Crippen LogP contribution is 2.14. The average molecular weight is 793 g/mol. The number of esters is 3. The summed E-state index contributed by atoms with van der Waals surface area (Å²) in [5.41, 5.74) is 0. The van der Waals surface area contributed by atoms with E-state index in [0.29, 0.717) is 12.8 Å². The molecule has 0 fully saturated rings. The van der Waals surface area contributed by atoms with Crippen molar-refractivity contribution >= 4 is 17.9 Å². The molecule has 0 aliphatic carbocycles. The topological polar surface area (TPSA) is 78.9 Å². The standard InChI is InChI=1S/C51H84O6/c1-4-7-10-13-16-19-21-23-24-25-26-27-28-30-32-35-38-41-44-50(53)56-47-48(46-55-49(52)43-40-37-34-31-18-15-12-9-6-3)57-51(54)45-42-39-36-33-29-22-20-17-14-11-8-5-2/h9,12,16,18-19,21,23-27,31,37,40,48H,4-8,10-11,13-15,17,20,22,28-30,32-36,38-39,41-47H2,1-3H3/b12-9-,19-16-,23-21-,25-24-,27-26-,31-18-,40-37-. The Morgan fingerprint density at radius 2 is 0.807 bits per heavy atom. The van der Waals surface area contributed by atoms with Crippen LogP contribution in [-0.4, -0.2) is 37.2 Å². The van der Waals surface area contributed by atoms with Crippen LogP contribution in [0.5, 0.6) is 0 Å². The molecule has 6 heteroatoms. The summed E-state index contributed by atoms with van der Waals surface area (Å²) >= 11 is 0. The predicted molar refractivity (Wildman–Crippen MR) is 242 cm³/mol. The van der Waals surface area contributed by atoms with Crippen LogP contribution in [0, 0.1) is 0 Å². The third kappa shape index (κ3) is 43.6. The second-order valence-corrected chi connectivity index (χ2v) is 15.0. The van der Waals surface area contributed by atoms with Crippen molar-refractivity contribution in [3.05, 3.63) is 85.1 Å².